The van der Waals surface area contributed by atoms with Gasteiger partial charge in [0, 0.05) is 23.8 Å². The van der Waals surface area contributed by atoms with Crippen molar-refractivity contribution in [1.82, 2.24) is 10.2 Å². The first-order valence-corrected chi connectivity index (χ1v) is 12.3. The number of ether oxygens (including phenoxy) is 1. The number of amides is 3. The maximum Gasteiger partial charge on any atom is 0.414 e. The molecule has 9 heteroatoms. The average Bonchev–Trinajstić information content (AvgIpc) is 3.17. The number of hydrogen-bond acceptors (Lipinski definition) is 5. The molecule has 1 aromatic heterocycles. The van der Waals surface area contributed by atoms with Crippen LogP contribution in [0.3, 0.4) is 0 Å². The number of piperidine rings is 1. The molecular weight excluding hydrogens is 462 g/mol. The van der Waals surface area contributed by atoms with Crippen LogP contribution in [-0.2, 0) is 4.79 Å². The van der Waals surface area contributed by atoms with Gasteiger partial charge in [0.2, 0.25) is 5.91 Å². The summed E-state index contributed by atoms with van der Waals surface area (Å²) in [5.74, 6) is -0.375. The Morgan fingerprint density at radius 1 is 1.21 bits per heavy atom. The standard InChI is InChI=1S/C24H30ClN3O4S/c1-5-17-8-6-7-13-28(17)21(29)18-10-9-16(14-15(18)2)26-22(30)24(3,4)27-23(31)32-20-12-11-19(25)33-20/h9-12,14,17H,5-8,13H2,1-4H3,(H,26,30)(H,27,31). The summed E-state index contributed by atoms with van der Waals surface area (Å²) in [6.45, 7) is 7.92. The smallest absolute Gasteiger partial charge is 0.399 e. The first kappa shape index (κ1) is 25.1. The van der Waals surface area contributed by atoms with Crippen LogP contribution in [0.1, 0.15) is 62.4 Å². The molecular formula is C24H30ClN3O4S. The van der Waals surface area contributed by atoms with Gasteiger partial charge in [-0.05, 0) is 82.3 Å². The minimum absolute atomic E-state index is 0.0374. The van der Waals surface area contributed by atoms with Crippen LogP contribution >= 0.6 is 22.9 Å². The van der Waals surface area contributed by atoms with E-state index in [9.17, 15) is 14.4 Å². The van der Waals surface area contributed by atoms with E-state index in [0.29, 0.717) is 20.7 Å². The molecule has 1 atom stereocenters. The molecule has 2 N–H and O–H groups in total. The Labute approximate surface area is 203 Å². The number of anilines is 1. The number of hydrogen-bond donors (Lipinski definition) is 2. The third-order valence-corrected chi connectivity index (χ3v) is 6.91. The number of aryl methyl sites for hydroxylation is 1. The summed E-state index contributed by atoms with van der Waals surface area (Å²) in [6, 6.07) is 8.73. The van der Waals surface area contributed by atoms with Crippen LogP contribution in [0.15, 0.2) is 30.3 Å². The molecule has 3 amide bonds. The molecule has 7 nitrogen and oxygen atoms in total. The van der Waals surface area contributed by atoms with Gasteiger partial charge in [-0.25, -0.2) is 4.79 Å². The van der Waals surface area contributed by atoms with Gasteiger partial charge in [0.1, 0.15) is 5.54 Å². The summed E-state index contributed by atoms with van der Waals surface area (Å²) in [4.78, 5) is 40.1. The lowest BCUT2D eigenvalue weighted by atomic mass is 9.97. The number of benzene rings is 1. The van der Waals surface area contributed by atoms with Crippen LogP contribution < -0.4 is 15.4 Å². The Morgan fingerprint density at radius 2 is 1.97 bits per heavy atom. The van der Waals surface area contributed by atoms with E-state index in [1.807, 2.05) is 11.8 Å². The largest absolute Gasteiger partial charge is 0.414 e. The summed E-state index contributed by atoms with van der Waals surface area (Å²) in [7, 11) is 0. The Bertz CT molecular complexity index is 1040. The van der Waals surface area contributed by atoms with E-state index in [1.54, 1.807) is 44.2 Å². The first-order valence-electron chi connectivity index (χ1n) is 11.1. The van der Waals surface area contributed by atoms with Gasteiger partial charge in [0.05, 0.1) is 4.34 Å². The second-order valence-electron chi connectivity index (χ2n) is 8.74. The van der Waals surface area contributed by atoms with Crippen molar-refractivity contribution in [2.45, 2.75) is 65.0 Å². The van der Waals surface area contributed by atoms with Crippen LogP contribution in [0, 0.1) is 6.92 Å². The number of nitrogens with zero attached hydrogens (tertiary/aromatic N) is 1. The first-order chi connectivity index (χ1) is 15.6. The van der Waals surface area contributed by atoms with Gasteiger partial charge in [-0.2, -0.15) is 0 Å². The van der Waals surface area contributed by atoms with Crippen molar-refractivity contribution in [2.75, 3.05) is 11.9 Å². The minimum Gasteiger partial charge on any atom is -0.399 e. The van der Waals surface area contributed by atoms with Gasteiger partial charge in [-0.15, -0.1) is 0 Å². The molecule has 1 fully saturated rings. The third-order valence-electron chi connectivity index (χ3n) is 5.80. The van der Waals surface area contributed by atoms with Gasteiger partial charge >= 0.3 is 6.09 Å². The molecule has 33 heavy (non-hydrogen) atoms. The van der Waals surface area contributed by atoms with Crippen LogP contribution in [0.4, 0.5) is 10.5 Å². The predicted octanol–water partition coefficient (Wildman–Crippen LogP) is 5.62. The van der Waals surface area contributed by atoms with Crippen molar-refractivity contribution in [3.05, 3.63) is 45.8 Å². The normalized spacial score (nSPS) is 16.3. The van der Waals surface area contributed by atoms with Gasteiger partial charge in [-0.3, -0.25) is 9.59 Å². The molecule has 178 valence electrons. The molecule has 0 saturated carbocycles. The van der Waals surface area contributed by atoms with E-state index in [0.717, 1.165) is 49.1 Å². The zero-order valence-corrected chi connectivity index (χ0v) is 20.9. The van der Waals surface area contributed by atoms with E-state index in [4.69, 9.17) is 16.3 Å². The Hall–Kier alpha value is -2.58. The lowest BCUT2D eigenvalue weighted by Gasteiger charge is -2.35. The monoisotopic (exact) mass is 491 g/mol. The molecule has 0 aliphatic carbocycles. The van der Waals surface area contributed by atoms with Gasteiger partial charge in [0.25, 0.3) is 5.91 Å². The van der Waals surface area contributed by atoms with Crippen LogP contribution in [0.25, 0.3) is 0 Å². The fraction of sp³-hybridized carbons (Fsp3) is 0.458. The fourth-order valence-electron chi connectivity index (χ4n) is 3.90. The number of carbonyl (C=O) groups is 3. The second-order valence-corrected chi connectivity index (χ2v) is 10.4. The molecule has 2 heterocycles. The molecule has 0 bridgehead atoms. The number of rotatable bonds is 6. The highest BCUT2D eigenvalue weighted by molar-refractivity contribution is 7.17. The molecule has 1 aromatic carbocycles. The minimum atomic E-state index is -1.23. The van der Waals surface area contributed by atoms with Crippen LogP contribution in [0.5, 0.6) is 5.06 Å². The third kappa shape index (κ3) is 6.26. The van der Waals surface area contributed by atoms with Crippen molar-refractivity contribution in [3.8, 4) is 5.06 Å². The lowest BCUT2D eigenvalue weighted by Crippen LogP contribution is -2.53. The van der Waals surface area contributed by atoms with Gasteiger partial charge < -0.3 is 20.3 Å². The number of halogens is 1. The van der Waals surface area contributed by atoms with Crippen molar-refractivity contribution < 1.29 is 19.1 Å². The molecule has 0 radical (unpaired) electrons. The van der Waals surface area contributed by atoms with E-state index >= 15 is 0 Å². The molecule has 1 aliphatic heterocycles. The Balaban J connectivity index is 1.63. The molecule has 2 aromatic rings. The zero-order chi connectivity index (χ0) is 24.2. The summed E-state index contributed by atoms with van der Waals surface area (Å²) < 4.78 is 5.67. The summed E-state index contributed by atoms with van der Waals surface area (Å²) in [5, 5.41) is 5.71. The number of likely N-dealkylation sites (tertiary alicyclic amines) is 1. The zero-order valence-electron chi connectivity index (χ0n) is 19.4. The maximum atomic E-state index is 13.1. The van der Waals surface area contributed by atoms with Crippen molar-refractivity contribution in [3.63, 3.8) is 0 Å². The highest BCUT2D eigenvalue weighted by atomic mass is 35.5. The Kier molecular flexibility index (Phi) is 8.02. The average molecular weight is 492 g/mol. The van der Waals surface area contributed by atoms with Crippen molar-refractivity contribution in [2.24, 2.45) is 0 Å². The number of thiophene rings is 1. The number of carbonyl (C=O) groups excluding carboxylic acids is 3. The van der Waals surface area contributed by atoms with Crippen LogP contribution in [-0.4, -0.2) is 40.9 Å². The highest BCUT2D eigenvalue weighted by Gasteiger charge is 2.31. The molecule has 0 spiro atoms. The van der Waals surface area contributed by atoms with Crippen molar-refractivity contribution >= 4 is 46.5 Å². The van der Waals surface area contributed by atoms with E-state index in [-0.39, 0.29) is 11.9 Å². The predicted molar refractivity (Wildman–Crippen MR) is 131 cm³/mol. The van der Waals surface area contributed by atoms with Crippen LogP contribution in [0.2, 0.25) is 4.34 Å². The highest BCUT2D eigenvalue weighted by Crippen LogP contribution is 2.28. The van der Waals surface area contributed by atoms with Gasteiger partial charge in [-0.1, -0.05) is 29.9 Å². The fourth-order valence-corrected chi connectivity index (χ4v) is 4.77. The maximum absolute atomic E-state index is 13.1. The lowest BCUT2D eigenvalue weighted by molar-refractivity contribution is -0.121. The SMILES string of the molecule is CCC1CCCCN1C(=O)c1ccc(NC(=O)C(C)(C)NC(=O)Oc2ccc(Cl)s2)cc1C. The molecule has 1 unspecified atom stereocenters. The Morgan fingerprint density at radius 3 is 2.61 bits per heavy atom. The topological polar surface area (TPSA) is 87.7 Å². The summed E-state index contributed by atoms with van der Waals surface area (Å²) in [6.07, 6.45) is 3.42. The van der Waals surface area contributed by atoms with E-state index < -0.39 is 17.5 Å². The van der Waals surface area contributed by atoms with Crippen molar-refractivity contribution in [1.29, 1.82) is 0 Å². The molecule has 1 aliphatic rings. The van der Waals surface area contributed by atoms with E-state index in [2.05, 4.69) is 17.6 Å². The number of nitrogens with one attached hydrogen (secondary N) is 2. The van der Waals surface area contributed by atoms with Gasteiger partial charge in [0.15, 0.2) is 5.06 Å². The summed E-state index contributed by atoms with van der Waals surface area (Å²) in [5.41, 5.74) is 0.748. The molecule has 3 rings (SSSR count). The second kappa shape index (κ2) is 10.6. The molecule has 1 saturated heterocycles. The van der Waals surface area contributed by atoms with E-state index in [1.165, 1.54) is 0 Å². The summed E-state index contributed by atoms with van der Waals surface area (Å²) >= 11 is 6.96. The quantitative estimate of drug-likeness (QED) is 0.549.